The molecule has 6 heteroatoms. The number of para-hydroxylation sites is 1. The molecule has 0 aliphatic heterocycles. The summed E-state index contributed by atoms with van der Waals surface area (Å²) in [4.78, 5) is 0. The molecule has 4 aromatic rings. The summed E-state index contributed by atoms with van der Waals surface area (Å²) in [5.74, 6) is 2.38. The largest absolute Gasteiger partial charge is 0.493 e. The Morgan fingerprint density at radius 2 is 1.56 bits per heavy atom. The van der Waals surface area contributed by atoms with Crippen molar-refractivity contribution in [2.45, 2.75) is 31.3 Å². The molecule has 0 atom stereocenters. The minimum absolute atomic E-state index is 0.108. The van der Waals surface area contributed by atoms with Gasteiger partial charge in [0.15, 0.2) is 11.0 Å². The molecule has 0 amide bonds. The molecule has 0 unspecified atom stereocenters. The zero-order valence-corrected chi connectivity index (χ0v) is 20.0. The van der Waals surface area contributed by atoms with Crippen molar-refractivity contribution in [3.05, 3.63) is 89.4 Å². The van der Waals surface area contributed by atoms with E-state index < -0.39 is 0 Å². The Morgan fingerprint density at radius 1 is 0.875 bits per heavy atom. The molecule has 0 radical (unpaired) electrons. The lowest BCUT2D eigenvalue weighted by atomic mass is 9.87. The van der Waals surface area contributed by atoms with Gasteiger partial charge >= 0.3 is 0 Å². The predicted octanol–water partition coefficient (Wildman–Crippen LogP) is 7.06. The van der Waals surface area contributed by atoms with Crippen LogP contribution in [0, 0.1) is 0 Å². The van der Waals surface area contributed by atoms with E-state index in [1.165, 1.54) is 5.56 Å². The number of thioether (sulfide) groups is 1. The minimum atomic E-state index is 0.108. The summed E-state index contributed by atoms with van der Waals surface area (Å²) in [7, 11) is 0. The number of ether oxygens (including phenoxy) is 1. The Labute approximate surface area is 198 Å². The van der Waals surface area contributed by atoms with E-state index in [0.717, 1.165) is 33.7 Å². The Kier molecular flexibility index (Phi) is 6.87. The van der Waals surface area contributed by atoms with Crippen LogP contribution in [0.5, 0.6) is 5.75 Å². The number of rotatable bonds is 7. The molecular weight excluding hydrogens is 438 g/mol. The monoisotopic (exact) mass is 463 g/mol. The van der Waals surface area contributed by atoms with Gasteiger partial charge in [-0.15, -0.1) is 10.2 Å². The summed E-state index contributed by atoms with van der Waals surface area (Å²) >= 11 is 7.56. The van der Waals surface area contributed by atoms with Crippen LogP contribution in [-0.4, -0.2) is 27.1 Å². The Bertz CT molecular complexity index is 1150. The van der Waals surface area contributed by atoms with Crippen LogP contribution >= 0.6 is 23.4 Å². The summed E-state index contributed by atoms with van der Waals surface area (Å²) < 4.78 is 7.94. The van der Waals surface area contributed by atoms with Gasteiger partial charge in [-0.2, -0.15) is 0 Å². The van der Waals surface area contributed by atoms with E-state index in [-0.39, 0.29) is 5.41 Å². The van der Waals surface area contributed by atoms with E-state index in [4.69, 9.17) is 16.3 Å². The molecular formula is C26H26ClN3OS. The molecule has 3 aromatic carbocycles. The van der Waals surface area contributed by atoms with Crippen molar-refractivity contribution < 1.29 is 4.74 Å². The SMILES string of the molecule is CC(C)(C)c1ccc(-c2nnc(SCCOc3ccc(Cl)cc3)n2-c2ccccc2)cc1. The molecule has 4 rings (SSSR count). The number of benzene rings is 3. The van der Waals surface area contributed by atoms with Crippen LogP contribution in [-0.2, 0) is 5.41 Å². The van der Waals surface area contributed by atoms with Crippen molar-refractivity contribution >= 4 is 23.4 Å². The molecule has 0 saturated heterocycles. The van der Waals surface area contributed by atoms with Crippen LogP contribution in [0.4, 0.5) is 0 Å². The summed E-state index contributed by atoms with van der Waals surface area (Å²) in [6, 6.07) is 26.2. The van der Waals surface area contributed by atoms with Gasteiger partial charge in [-0.05, 0) is 47.4 Å². The highest BCUT2D eigenvalue weighted by Gasteiger charge is 2.18. The van der Waals surface area contributed by atoms with Crippen LogP contribution in [0.2, 0.25) is 5.02 Å². The second-order valence-electron chi connectivity index (χ2n) is 8.46. The first-order chi connectivity index (χ1) is 15.4. The smallest absolute Gasteiger partial charge is 0.196 e. The van der Waals surface area contributed by atoms with Gasteiger partial charge in [-0.3, -0.25) is 4.57 Å². The predicted molar refractivity (Wildman–Crippen MR) is 133 cm³/mol. The van der Waals surface area contributed by atoms with Gasteiger partial charge in [0.25, 0.3) is 0 Å². The molecule has 0 bridgehead atoms. The standard InChI is InChI=1S/C26H26ClN3OS/c1-26(2,3)20-11-9-19(10-12-20)24-28-29-25(30(24)22-7-5-4-6-8-22)32-18-17-31-23-15-13-21(27)14-16-23/h4-16H,17-18H2,1-3H3. The second-order valence-corrected chi connectivity index (χ2v) is 9.95. The number of nitrogens with zero attached hydrogens (tertiary/aromatic N) is 3. The van der Waals surface area contributed by atoms with Gasteiger partial charge in [0.05, 0.1) is 6.61 Å². The number of aromatic nitrogens is 3. The fraction of sp³-hybridized carbons (Fsp3) is 0.231. The topological polar surface area (TPSA) is 39.9 Å². The normalized spacial score (nSPS) is 11.5. The third-order valence-electron chi connectivity index (χ3n) is 5.05. The molecule has 0 fully saturated rings. The van der Waals surface area contributed by atoms with E-state index >= 15 is 0 Å². The maximum atomic E-state index is 5.93. The van der Waals surface area contributed by atoms with E-state index in [1.807, 2.05) is 42.5 Å². The van der Waals surface area contributed by atoms with E-state index in [9.17, 15) is 0 Å². The summed E-state index contributed by atoms with van der Waals surface area (Å²) in [6.45, 7) is 7.21. The maximum absolute atomic E-state index is 5.93. The summed E-state index contributed by atoms with van der Waals surface area (Å²) in [5, 5.41) is 10.6. The molecule has 0 saturated carbocycles. The molecule has 0 N–H and O–H groups in total. The molecule has 0 spiro atoms. The zero-order valence-electron chi connectivity index (χ0n) is 18.5. The van der Waals surface area contributed by atoms with Crippen molar-refractivity contribution in [3.8, 4) is 22.8 Å². The third-order valence-corrected chi connectivity index (χ3v) is 6.20. The van der Waals surface area contributed by atoms with Crippen molar-refractivity contribution in [1.29, 1.82) is 0 Å². The van der Waals surface area contributed by atoms with Gasteiger partial charge in [-0.1, -0.05) is 86.6 Å². The van der Waals surface area contributed by atoms with Gasteiger partial charge in [-0.25, -0.2) is 0 Å². The quantitative estimate of drug-likeness (QED) is 0.217. The Balaban J connectivity index is 1.55. The zero-order chi connectivity index (χ0) is 22.6. The van der Waals surface area contributed by atoms with Gasteiger partial charge in [0.1, 0.15) is 5.75 Å². The molecule has 1 aromatic heterocycles. The van der Waals surface area contributed by atoms with Crippen LogP contribution in [0.3, 0.4) is 0 Å². The van der Waals surface area contributed by atoms with Crippen molar-refractivity contribution in [1.82, 2.24) is 14.8 Å². The highest BCUT2D eigenvalue weighted by Crippen LogP contribution is 2.30. The lowest BCUT2D eigenvalue weighted by Gasteiger charge is -2.19. The number of hydrogen-bond donors (Lipinski definition) is 0. The van der Waals surface area contributed by atoms with Crippen molar-refractivity contribution in [2.75, 3.05) is 12.4 Å². The van der Waals surface area contributed by atoms with Crippen LogP contribution in [0.1, 0.15) is 26.3 Å². The molecule has 1 heterocycles. The lowest BCUT2D eigenvalue weighted by molar-refractivity contribution is 0.344. The molecule has 0 aliphatic carbocycles. The minimum Gasteiger partial charge on any atom is -0.493 e. The molecule has 164 valence electrons. The Morgan fingerprint density at radius 3 is 2.22 bits per heavy atom. The maximum Gasteiger partial charge on any atom is 0.196 e. The summed E-state index contributed by atoms with van der Waals surface area (Å²) in [6.07, 6.45) is 0. The van der Waals surface area contributed by atoms with Crippen molar-refractivity contribution in [2.24, 2.45) is 0 Å². The fourth-order valence-corrected chi connectivity index (χ4v) is 4.20. The number of halogens is 1. The first-order valence-electron chi connectivity index (χ1n) is 10.5. The van der Waals surface area contributed by atoms with Crippen LogP contribution in [0.15, 0.2) is 84.0 Å². The van der Waals surface area contributed by atoms with E-state index in [0.29, 0.717) is 11.6 Å². The van der Waals surface area contributed by atoms with Crippen LogP contribution < -0.4 is 4.74 Å². The van der Waals surface area contributed by atoms with Crippen LogP contribution in [0.25, 0.3) is 17.1 Å². The molecule has 0 aliphatic rings. The lowest BCUT2D eigenvalue weighted by Crippen LogP contribution is -2.10. The Hall–Kier alpha value is -2.76. The van der Waals surface area contributed by atoms with Gasteiger partial charge in [0, 0.05) is 22.0 Å². The fourth-order valence-electron chi connectivity index (χ4n) is 3.30. The van der Waals surface area contributed by atoms with Crippen molar-refractivity contribution in [3.63, 3.8) is 0 Å². The average molecular weight is 464 g/mol. The molecule has 4 nitrogen and oxygen atoms in total. The highest BCUT2D eigenvalue weighted by molar-refractivity contribution is 7.99. The highest BCUT2D eigenvalue weighted by atomic mass is 35.5. The summed E-state index contributed by atoms with van der Waals surface area (Å²) in [5.41, 5.74) is 3.48. The first kappa shape index (κ1) is 22.4. The van der Waals surface area contributed by atoms with Gasteiger partial charge < -0.3 is 4.74 Å². The third kappa shape index (κ3) is 5.34. The van der Waals surface area contributed by atoms with E-state index in [2.05, 4.69) is 71.9 Å². The first-order valence-corrected chi connectivity index (χ1v) is 11.9. The number of hydrogen-bond acceptors (Lipinski definition) is 4. The average Bonchev–Trinajstić information content (AvgIpc) is 3.22. The molecule has 32 heavy (non-hydrogen) atoms. The van der Waals surface area contributed by atoms with E-state index in [1.54, 1.807) is 11.8 Å². The van der Waals surface area contributed by atoms with Gasteiger partial charge in [0.2, 0.25) is 0 Å². The second kappa shape index (κ2) is 9.80.